The summed E-state index contributed by atoms with van der Waals surface area (Å²) in [5, 5.41) is 8.92. The van der Waals surface area contributed by atoms with Crippen molar-refractivity contribution in [2.24, 2.45) is 5.73 Å². The third-order valence-electron chi connectivity index (χ3n) is 1.65. The van der Waals surface area contributed by atoms with Crippen LogP contribution < -0.4 is 11.5 Å². The van der Waals surface area contributed by atoms with Gasteiger partial charge >= 0.3 is 0 Å². The Bertz CT molecular complexity index is 350. The minimum Gasteiger partial charge on any atom is -0.398 e. The van der Waals surface area contributed by atoms with Crippen molar-refractivity contribution in [1.29, 1.82) is 0 Å². The molecular formula is C10H12N2O. The largest absolute Gasteiger partial charge is 0.398 e. The monoisotopic (exact) mass is 176 g/mol. The second kappa shape index (κ2) is 4.51. The minimum absolute atomic E-state index is 0.0655. The van der Waals surface area contributed by atoms with Crippen LogP contribution in [0.3, 0.4) is 0 Å². The molecule has 5 N–H and O–H groups in total. The molecule has 0 atom stereocenters. The molecular weight excluding hydrogens is 164 g/mol. The molecule has 0 saturated carbocycles. The van der Waals surface area contributed by atoms with Gasteiger partial charge in [-0.1, -0.05) is 11.8 Å². The molecule has 3 heteroatoms. The molecule has 68 valence electrons. The number of benzene rings is 1. The summed E-state index contributed by atoms with van der Waals surface area (Å²) < 4.78 is 0. The van der Waals surface area contributed by atoms with E-state index in [0.717, 1.165) is 5.56 Å². The fraction of sp³-hybridized carbons (Fsp3) is 0.200. The Labute approximate surface area is 77.4 Å². The summed E-state index contributed by atoms with van der Waals surface area (Å²) in [5.41, 5.74) is 12.9. The molecule has 1 aromatic rings. The molecule has 0 saturated heterocycles. The molecule has 0 heterocycles. The SMILES string of the molecule is NCC#Cc1ccc(N)c(CO)c1. The fourth-order valence-electron chi connectivity index (χ4n) is 0.974. The summed E-state index contributed by atoms with van der Waals surface area (Å²) in [4.78, 5) is 0. The Balaban J connectivity index is 2.99. The van der Waals surface area contributed by atoms with Gasteiger partial charge in [0.2, 0.25) is 0 Å². The lowest BCUT2D eigenvalue weighted by Gasteiger charge is -2.01. The third-order valence-corrected chi connectivity index (χ3v) is 1.65. The van der Waals surface area contributed by atoms with Crippen LogP contribution in [0.25, 0.3) is 0 Å². The lowest BCUT2D eigenvalue weighted by molar-refractivity contribution is 0.282. The number of aliphatic hydroxyl groups is 1. The first-order valence-corrected chi connectivity index (χ1v) is 3.96. The van der Waals surface area contributed by atoms with Gasteiger partial charge in [-0.15, -0.1) is 0 Å². The Morgan fingerprint density at radius 2 is 2.15 bits per heavy atom. The van der Waals surface area contributed by atoms with Crippen molar-refractivity contribution >= 4 is 5.69 Å². The lowest BCUT2D eigenvalue weighted by Crippen LogP contribution is -1.95. The van der Waals surface area contributed by atoms with E-state index in [1.165, 1.54) is 0 Å². The van der Waals surface area contributed by atoms with Crippen molar-refractivity contribution < 1.29 is 5.11 Å². The number of anilines is 1. The molecule has 0 aliphatic rings. The van der Waals surface area contributed by atoms with E-state index >= 15 is 0 Å². The van der Waals surface area contributed by atoms with Gasteiger partial charge in [0.1, 0.15) is 0 Å². The second-order valence-corrected chi connectivity index (χ2v) is 2.58. The van der Waals surface area contributed by atoms with Crippen molar-refractivity contribution in [2.75, 3.05) is 12.3 Å². The van der Waals surface area contributed by atoms with Gasteiger partial charge < -0.3 is 16.6 Å². The zero-order chi connectivity index (χ0) is 9.68. The van der Waals surface area contributed by atoms with Crippen LogP contribution in [0.4, 0.5) is 5.69 Å². The first-order valence-electron chi connectivity index (χ1n) is 3.96. The topological polar surface area (TPSA) is 72.3 Å². The summed E-state index contributed by atoms with van der Waals surface area (Å²) in [7, 11) is 0. The van der Waals surface area contributed by atoms with E-state index < -0.39 is 0 Å². The molecule has 0 aliphatic carbocycles. The Hall–Kier alpha value is -1.50. The third kappa shape index (κ3) is 2.48. The van der Waals surface area contributed by atoms with Crippen molar-refractivity contribution in [3.05, 3.63) is 29.3 Å². The Morgan fingerprint density at radius 1 is 1.38 bits per heavy atom. The molecule has 0 amide bonds. The van der Waals surface area contributed by atoms with Crippen LogP contribution in [0.5, 0.6) is 0 Å². The molecule has 3 nitrogen and oxygen atoms in total. The summed E-state index contributed by atoms with van der Waals surface area (Å²) in [6, 6.07) is 5.29. The van der Waals surface area contributed by atoms with Gasteiger partial charge in [-0.05, 0) is 18.2 Å². The smallest absolute Gasteiger partial charge is 0.0702 e. The highest BCUT2D eigenvalue weighted by Gasteiger charge is 1.97. The number of hydrogen-bond acceptors (Lipinski definition) is 3. The van der Waals surface area contributed by atoms with E-state index in [2.05, 4.69) is 11.8 Å². The average molecular weight is 176 g/mol. The number of hydrogen-bond donors (Lipinski definition) is 3. The van der Waals surface area contributed by atoms with Gasteiger partial charge in [-0.3, -0.25) is 0 Å². The maximum absolute atomic E-state index is 8.92. The number of rotatable bonds is 1. The quantitative estimate of drug-likeness (QED) is 0.419. The first kappa shape index (κ1) is 9.59. The van der Waals surface area contributed by atoms with Gasteiger partial charge in [-0.25, -0.2) is 0 Å². The summed E-state index contributed by atoms with van der Waals surface area (Å²) in [5.74, 6) is 5.60. The fourth-order valence-corrected chi connectivity index (χ4v) is 0.974. The first-order chi connectivity index (χ1) is 6.27. The van der Waals surface area contributed by atoms with E-state index in [0.29, 0.717) is 17.8 Å². The summed E-state index contributed by atoms with van der Waals surface area (Å²) in [6.07, 6.45) is 0. The zero-order valence-corrected chi connectivity index (χ0v) is 7.25. The van der Waals surface area contributed by atoms with E-state index in [4.69, 9.17) is 16.6 Å². The maximum Gasteiger partial charge on any atom is 0.0702 e. The van der Waals surface area contributed by atoms with Gasteiger partial charge in [0.25, 0.3) is 0 Å². The molecule has 0 aromatic heterocycles. The highest BCUT2D eigenvalue weighted by Crippen LogP contribution is 2.13. The van der Waals surface area contributed by atoms with Crippen LogP contribution in [-0.2, 0) is 6.61 Å². The molecule has 0 aliphatic heterocycles. The van der Waals surface area contributed by atoms with Crippen LogP contribution in [0.1, 0.15) is 11.1 Å². The van der Waals surface area contributed by atoms with Gasteiger partial charge in [0, 0.05) is 16.8 Å². The minimum atomic E-state index is -0.0655. The van der Waals surface area contributed by atoms with Crippen LogP contribution in [-0.4, -0.2) is 11.7 Å². The van der Waals surface area contributed by atoms with Crippen molar-refractivity contribution in [3.8, 4) is 11.8 Å². The van der Waals surface area contributed by atoms with Gasteiger partial charge in [0.15, 0.2) is 0 Å². The molecule has 1 rings (SSSR count). The van der Waals surface area contributed by atoms with Crippen LogP contribution >= 0.6 is 0 Å². The molecule has 0 bridgehead atoms. The summed E-state index contributed by atoms with van der Waals surface area (Å²) in [6.45, 7) is 0.267. The van der Waals surface area contributed by atoms with E-state index in [-0.39, 0.29) is 6.61 Å². The van der Waals surface area contributed by atoms with Crippen molar-refractivity contribution in [1.82, 2.24) is 0 Å². The summed E-state index contributed by atoms with van der Waals surface area (Å²) >= 11 is 0. The van der Waals surface area contributed by atoms with Crippen LogP contribution in [0.2, 0.25) is 0 Å². The molecule has 0 fully saturated rings. The van der Waals surface area contributed by atoms with Crippen LogP contribution in [0, 0.1) is 11.8 Å². The molecule has 0 unspecified atom stereocenters. The van der Waals surface area contributed by atoms with Crippen molar-refractivity contribution in [3.63, 3.8) is 0 Å². The number of nitrogen functional groups attached to an aromatic ring is 1. The van der Waals surface area contributed by atoms with E-state index in [1.54, 1.807) is 18.2 Å². The molecule has 0 spiro atoms. The molecule has 1 aromatic carbocycles. The Kier molecular flexibility index (Phi) is 3.32. The highest BCUT2D eigenvalue weighted by atomic mass is 16.3. The van der Waals surface area contributed by atoms with E-state index in [9.17, 15) is 0 Å². The predicted molar refractivity (Wildman–Crippen MR) is 52.7 cm³/mol. The van der Waals surface area contributed by atoms with Gasteiger partial charge in [0.05, 0.1) is 13.2 Å². The maximum atomic E-state index is 8.92. The van der Waals surface area contributed by atoms with Crippen molar-refractivity contribution in [2.45, 2.75) is 6.61 Å². The lowest BCUT2D eigenvalue weighted by atomic mass is 10.1. The molecule has 13 heavy (non-hydrogen) atoms. The number of aliphatic hydroxyl groups excluding tert-OH is 1. The highest BCUT2D eigenvalue weighted by molar-refractivity contribution is 5.51. The van der Waals surface area contributed by atoms with Gasteiger partial charge in [-0.2, -0.15) is 0 Å². The zero-order valence-electron chi connectivity index (χ0n) is 7.25. The molecule has 0 radical (unpaired) electrons. The normalized spacial score (nSPS) is 9.08. The predicted octanol–water partition coefficient (Wildman–Crippen LogP) is 0.0713. The number of nitrogens with two attached hydrogens (primary N) is 2. The standard InChI is InChI=1S/C10H12N2O/c11-5-1-2-8-3-4-10(12)9(6-8)7-13/h3-4,6,13H,5,7,11-12H2. The van der Waals surface area contributed by atoms with Crippen LogP contribution in [0.15, 0.2) is 18.2 Å². The average Bonchev–Trinajstić information content (AvgIpc) is 2.16. The second-order valence-electron chi connectivity index (χ2n) is 2.58. The van der Waals surface area contributed by atoms with E-state index in [1.807, 2.05) is 0 Å². The Morgan fingerprint density at radius 3 is 2.77 bits per heavy atom.